The molecule has 3 heterocycles. The number of amides is 2. The maximum absolute atomic E-state index is 13.3. The number of rotatable bonds is 5. The van der Waals surface area contributed by atoms with E-state index in [-0.39, 0.29) is 29.1 Å². The summed E-state index contributed by atoms with van der Waals surface area (Å²) in [6, 6.07) is 7.42. The number of piperazine rings is 1. The first-order chi connectivity index (χ1) is 15.3. The predicted octanol–water partition coefficient (Wildman–Crippen LogP) is 2.98. The van der Waals surface area contributed by atoms with Crippen molar-refractivity contribution in [2.24, 2.45) is 5.41 Å². The van der Waals surface area contributed by atoms with E-state index in [0.29, 0.717) is 25.6 Å². The lowest BCUT2D eigenvalue weighted by Crippen LogP contribution is -2.52. The van der Waals surface area contributed by atoms with Gasteiger partial charge in [-0.1, -0.05) is 6.92 Å². The number of anilines is 1. The number of carbonyl (C=O) groups excluding carboxylic acids is 2. The number of hydrogen-bond donors (Lipinski definition) is 0. The van der Waals surface area contributed by atoms with Gasteiger partial charge in [0.1, 0.15) is 5.82 Å². The molecule has 0 radical (unpaired) electrons. The van der Waals surface area contributed by atoms with E-state index < -0.39 is 0 Å². The third-order valence-electron chi connectivity index (χ3n) is 7.97. The zero-order valence-electron chi connectivity index (χ0n) is 19.7. The molecule has 3 saturated heterocycles. The van der Waals surface area contributed by atoms with E-state index >= 15 is 0 Å². The van der Waals surface area contributed by atoms with E-state index in [9.17, 15) is 14.0 Å². The van der Waals surface area contributed by atoms with E-state index in [0.717, 1.165) is 57.5 Å². The van der Waals surface area contributed by atoms with E-state index in [2.05, 4.69) is 16.7 Å². The number of benzene rings is 1. The molecule has 0 aliphatic carbocycles. The topological polar surface area (TPSA) is 47.1 Å². The second-order valence-electron chi connectivity index (χ2n) is 9.90. The van der Waals surface area contributed by atoms with Gasteiger partial charge in [-0.05, 0) is 56.9 Å². The van der Waals surface area contributed by atoms with Crippen LogP contribution in [0.3, 0.4) is 0 Å². The number of halogens is 1. The van der Waals surface area contributed by atoms with Crippen LogP contribution in [0, 0.1) is 11.2 Å². The second-order valence-corrected chi connectivity index (χ2v) is 9.90. The Kier molecular flexibility index (Phi) is 6.75. The van der Waals surface area contributed by atoms with Gasteiger partial charge < -0.3 is 14.7 Å². The highest BCUT2D eigenvalue weighted by Gasteiger charge is 2.51. The second kappa shape index (κ2) is 9.38. The van der Waals surface area contributed by atoms with Crippen molar-refractivity contribution in [3.8, 4) is 0 Å². The smallest absolute Gasteiger partial charge is 0.228 e. The molecule has 3 fully saturated rings. The van der Waals surface area contributed by atoms with Crippen LogP contribution >= 0.6 is 0 Å². The normalized spacial score (nSPS) is 26.2. The number of nitrogens with zero attached hydrogens (tertiary/aromatic N) is 4. The van der Waals surface area contributed by atoms with Crippen molar-refractivity contribution in [1.29, 1.82) is 0 Å². The summed E-state index contributed by atoms with van der Waals surface area (Å²) < 4.78 is 13.3. The molecule has 176 valence electrons. The fourth-order valence-electron chi connectivity index (χ4n) is 5.92. The number of hydrogen-bond acceptors (Lipinski definition) is 4. The van der Waals surface area contributed by atoms with Crippen LogP contribution in [0.2, 0.25) is 0 Å². The van der Waals surface area contributed by atoms with Gasteiger partial charge >= 0.3 is 0 Å². The first-order valence-electron chi connectivity index (χ1n) is 12.1. The Labute approximate surface area is 191 Å². The minimum Gasteiger partial charge on any atom is -0.366 e. The fourth-order valence-corrected chi connectivity index (χ4v) is 5.92. The van der Waals surface area contributed by atoms with Crippen molar-refractivity contribution in [1.82, 2.24) is 14.7 Å². The average molecular weight is 445 g/mol. The number of carbonyl (C=O) groups is 2. The summed E-state index contributed by atoms with van der Waals surface area (Å²) in [5, 5.41) is 0. The summed E-state index contributed by atoms with van der Waals surface area (Å²) in [6.07, 6.45) is 4.04. The highest BCUT2D eigenvalue weighted by molar-refractivity contribution is 5.86. The molecule has 1 aromatic carbocycles. The molecule has 3 aliphatic rings. The monoisotopic (exact) mass is 444 g/mol. The summed E-state index contributed by atoms with van der Waals surface area (Å²) in [5.74, 6) is 0.278. The molecule has 0 saturated carbocycles. The van der Waals surface area contributed by atoms with Crippen molar-refractivity contribution < 1.29 is 14.0 Å². The Morgan fingerprint density at radius 2 is 1.81 bits per heavy atom. The SMILES string of the molecule is CCC(=O)N1CCC2(CC1)C[C@H](CCN1CCN(c3ccc(F)cc3)[C@@H](C)C1)N(C)C2=O. The van der Waals surface area contributed by atoms with Crippen LogP contribution in [0.5, 0.6) is 0 Å². The highest BCUT2D eigenvalue weighted by Crippen LogP contribution is 2.44. The molecule has 0 unspecified atom stereocenters. The molecule has 32 heavy (non-hydrogen) atoms. The lowest BCUT2D eigenvalue weighted by Gasteiger charge is -2.41. The molecule has 1 spiro atoms. The van der Waals surface area contributed by atoms with Crippen LogP contribution in [0.15, 0.2) is 24.3 Å². The average Bonchev–Trinajstić information content (AvgIpc) is 3.03. The summed E-state index contributed by atoms with van der Waals surface area (Å²) in [7, 11) is 1.96. The molecule has 3 aliphatic heterocycles. The summed E-state index contributed by atoms with van der Waals surface area (Å²) in [6.45, 7) is 9.41. The number of likely N-dealkylation sites (tertiary alicyclic amines) is 2. The van der Waals surface area contributed by atoms with Crippen LogP contribution < -0.4 is 4.90 Å². The van der Waals surface area contributed by atoms with Gasteiger partial charge in [0, 0.05) is 70.5 Å². The van der Waals surface area contributed by atoms with Gasteiger partial charge in [0.05, 0.1) is 5.41 Å². The van der Waals surface area contributed by atoms with Crippen molar-refractivity contribution in [2.75, 3.05) is 51.2 Å². The van der Waals surface area contributed by atoms with E-state index in [1.165, 1.54) is 12.1 Å². The van der Waals surface area contributed by atoms with Crippen molar-refractivity contribution in [2.45, 2.75) is 58.0 Å². The van der Waals surface area contributed by atoms with Crippen LogP contribution in [-0.2, 0) is 9.59 Å². The lowest BCUT2D eigenvalue weighted by atomic mass is 9.75. The van der Waals surface area contributed by atoms with Crippen molar-refractivity contribution in [3.63, 3.8) is 0 Å². The molecule has 0 aromatic heterocycles. The Bertz CT molecular complexity index is 822. The third-order valence-corrected chi connectivity index (χ3v) is 7.97. The fraction of sp³-hybridized carbons (Fsp3) is 0.680. The Balaban J connectivity index is 1.29. The zero-order valence-corrected chi connectivity index (χ0v) is 19.7. The quantitative estimate of drug-likeness (QED) is 0.701. The first kappa shape index (κ1) is 23.0. The largest absolute Gasteiger partial charge is 0.366 e. The maximum Gasteiger partial charge on any atom is 0.228 e. The van der Waals surface area contributed by atoms with Crippen LogP contribution in [0.1, 0.15) is 46.0 Å². The van der Waals surface area contributed by atoms with Crippen LogP contribution in [0.4, 0.5) is 10.1 Å². The summed E-state index contributed by atoms with van der Waals surface area (Å²) in [4.78, 5) is 33.9. The minimum atomic E-state index is -0.265. The Morgan fingerprint density at radius 3 is 2.44 bits per heavy atom. The molecular formula is C25H37FN4O2. The molecule has 6 nitrogen and oxygen atoms in total. The standard InChI is InChI=1S/C25H37FN4O2/c1-4-23(31)29-13-10-25(11-14-29)17-22(27(3)24(25)32)9-12-28-15-16-30(19(2)18-28)21-7-5-20(26)6-8-21/h5-8,19,22H,4,9-18H2,1-3H3/t19-,22-/m0/s1. The van der Waals surface area contributed by atoms with Gasteiger partial charge in [0.2, 0.25) is 11.8 Å². The van der Waals surface area contributed by atoms with Crippen molar-refractivity contribution >= 4 is 17.5 Å². The van der Waals surface area contributed by atoms with Crippen LogP contribution in [0.25, 0.3) is 0 Å². The van der Waals surface area contributed by atoms with E-state index in [1.807, 2.05) is 35.9 Å². The molecule has 2 atom stereocenters. The highest BCUT2D eigenvalue weighted by atomic mass is 19.1. The molecular weight excluding hydrogens is 407 g/mol. The molecule has 2 amide bonds. The van der Waals surface area contributed by atoms with Gasteiger partial charge in [-0.2, -0.15) is 0 Å². The van der Waals surface area contributed by atoms with Gasteiger partial charge in [-0.25, -0.2) is 4.39 Å². The molecule has 1 aromatic rings. The maximum atomic E-state index is 13.3. The van der Waals surface area contributed by atoms with Crippen molar-refractivity contribution in [3.05, 3.63) is 30.1 Å². The summed E-state index contributed by atoms with van der Waals surface area (Å²) in [5.41, 5.74) is 0.813. The van der Waals surface area contributed by atoms with Gasteiger partial charge in [0.15, 0.2) is 0 Å². The van der Waals surface area contributed by atoms with E-state index in [1.54, 1.807) is 0 Å². The summed E-state index contributed by atoms with van der Waals surface area (Å²) >= 11 is 0. The minimum absolute atomic E-state index is 0.198. The molecule has 0 N–H and O–H groups in total. The van der Waals surface area contributed by atoms with Gasteiger partial charge in [-0.15, -0.1) is 0 Å². The third kappa shape index (κ3) is 4.49. The first-order valence-corrected chi connectivity index (χ1v) is 12.1. The van der Waals surface area contributed by atoms with Gasteiger partial charge in [-0.3, -0.25) is 14.5 Å². The Hall–Kier alpha value is -2.15. The lowest BCUT2D eigenvalue weighted by molar-refractivity contribution is -0.142. The van der Waals surface area contributed by atoms with E-state index in [4.69, 9.17) is 0 Å². The molecule has 4 rings (SSSR count). The molecule has 7 heteroatoms. The predicted molar refractivity (Wildman–Crippen MR) is 124 cm³/mol. The zero-order chi connectivity index (χ0) is 22.9. The van der Waals surface area contributed by atoms with Gasteiger partial charge in [0.25, 0.3) is 0 Å². The number of piperidine rings is 1. The van der Waals surface area contributed by atoms with Crippen LogP contribution in [-0.4, -0.2) is 84.9 Å². The molecule has 0 bridgehead atoms. The Morgan fingerprint density at radius 1 is 1.12 bits per heavy atom.